The first-order valence-corrected chi connectivity index (χ1v) is 5.53. The van der Waals surface area contributed by atoms with E-state index in [-0.39, 0.29) is 6.42 Å². The molecular weight excluding hydrogens is 234 g/mol. The lowest BCUT2D eigenvalue weighted by Gasteiger charge is -2.01. The quantitative estimate of drug-likeness (QED) is 0.819. The molecule has 0 aliphatic carbocycles. The minimum absolute atomic E-state index is 0.270. The Morgan fingerprint density at radius 3 is 2.78 bits per heavy atom. The summed E-state index contributed by atoms with van der Waals surface area (Å²) in [5.74, 6) is -0.141. The number of aryl methyl sites for hydroxylation is 1. The third kappa shape index (κ3) is 2.92. The summed E-state index contributed by atoms with van der Waals surface area (Å²) in [5, 5.41) is 12.5. The summed E-state index contributed by atoms with van der Waals surface area (Å²) in [6.07, 6.45) is 0.624. The van der Waals surface area contributed by atoms with Crippen LogP contribution in [0.2, 0.25) is 0 Å². The number of carbonyl (C=O) groups is 1. The van der Waals surface area contributed by atoms with Crippen LogP contribution in [0.3, 0.4) is 0 Å². The predicted octanol–water partition coefficient (Wildman–Crippen LogP) is 1.08. The predicted molar refractivity (Wildman–Crippen MR) is 63.7 cm³/mol. The number of nitrogens with two attached hydrogens (primary N) is 1. The van der Waals surface area contributed by atoms with Crippen LogP contribution in [0.1, 0.15) is 12.3 Å². The molecular formula is C12H13N3O3. The van der Waals surface area contributed by atoms with Gasteiger partial charge >= 0.3 is 5.97 Å². The lowest BCUT2D eigenvalue weighted by atomic mass is 10.2. The normalized spacial score (nSPS) is 12.3. The van der Waals surface area contributed by atoms with Crippen LogP contribution in [-0.2, 0) is 11.2 Å². The lowest BCUT2D eigenvalue weighted by molar-refractivity contribution is -0.138. The van der Waals surface area contributed by atoms with Crippen molar-refractivity contribution in [3.8, 4) is 11.4 Å². The van der Waals surface area contributed by atoms with Gasteiger partial charge in [0.2, 0.25) is 11.7 Å². The Morgan fingerprint density at radius 2 is 2.11 bits per heavy atom. The van der Waals surface area contributed by atoms with Crippen molar-refractivity contribution < 1.29 is 14.4 Å². The Kier molecular flexibility index (Phi) is 3.69. The maximum Gasteiger partial charge on any atom is 0.320 e. The molecule has 1 aromatic heterocycles. The maximum absolute atomic E-state index is 10.6. The van der Waals surface area contributed by atoms with Crippen LogP contribution < -0.4 is 5.73 Å². The van der Waals surface area contributed by atoms with Crippen LogP contribution in [0, 0.1) is 0 Å². The molecule has 6 heteroatoms. The molecule has 94 valence electrons. The topological polar surface area (TPSA) is 102 Å². The van der Waals surface area contributed by atoms with E-state index >= 15 is 0 Å². The largest absolute Gasteiger partial charge is 0.480 e. The van der Waals surface area contributed by atoms with E-state index in [0.717, 1.165) is 5.56 Å². The fourth-order valence-corrected chi connectivity index (χ4v) is 1.46. The molecule has 1 unspecified atom stereocenters. The van der Waals surface area contributed by atoms with Gasteiger partial charge in [0.05, 0.1) is 0 Å². The first kappa shape index (κ1) is 12.3. The molecule has 3 N–H and O–H groups in total. The van der Waals surface area contributed by atoms with Gasteiger partial charge in [0.25, 0.3) is 0 Å². The second-order valence-corrected chi connectivity index (χ2v) is 3.86. The SMILES string of the molecule is NC(CCc1nc(-c2ccccc2)no1)C(=O)O. The van der Waals surface area contributed by atoms with Gasteiger partial charge in [-0.3, -0.25) is 4.79 Å². The molecule has 2 aromatic rings. The van der Waals surface area contributed by atoms with E-state index in [9.17, 15) is 4.79 Å². The number of rotatable bonds is 5. The lowest BCUT2D eigenvalue weighted by Crippen LogP contribution is -2.30. The van der Waals surface area contributed by atoms with Crippen LogP contribution in [0.25, 0.3) is 11.4 Å². The summed E-state index contributed by atoms with van der Waals surface area (Å²) in [7, 11) is 0. The Hall–Kier alpha value is -2.21. The molecule has 0 aliphatic rings. The highest BCUT2D eigenvalue weighted by Gasteiger charge is 2.14. The van der Waals surface area contributed by atoms with Gasteiger partial charge in [-0.25, -0.2) is 0 Å². The van der Waals surface area contributed by atoms with Gasteiger partial charge in [-0.05, 0) is 6.42 Å². The van der Waals surface area contributed by atoms with Gasteiger partial charge < -0.3 is 15.4 Å². The van der Waals surface area contributed by atoms with Gasteiger partial charge in [-0.2, -0.15) is 4.98 Å². The van der Waals surface area contributed by atoms with Gasteiger partial charge in [0.1, 0.15) is 6.04 Å². The molecule has 0 fully saturated rings. The van der Waals surface area contributed by atoms with Gasteiger partial charge in [0.15, 0.2) is 0 Å². The Morgan fingerprint density at radius 1 is 1.39 bits per heavy atom. The molecule has 0 spiro atoms. The fraction of sp³-hybridized carbons (Fsp3) is 0.250. The van der Waals surface area contributed by atoms with Crippen molar-refractivity contribution in [2.24, 2.45) is 5.73 Å². The zero-order chi connectivity index (χ0) is 13.0. The fourth-order valence-electron chi connectivity index (χ4n) is 1.46. The first-order valence-electron chi connectivity index (χ1n) is 5.53. The zero-order valence-electron chi connectivity index (χ0n) is 9.61. The van der Waals surface area contributed by atoms with E-state index in [4.69, 9.17) is 15.4 Å². The number of nitrogens with zero attached hydrogens (tertiary/aromatic N) is 2. The summed E-state index contributed by atoms with van der Waals surface area (Å²) in [5.41, 5.74) is 6.25. The van der Waals surface area contributed by atoms with Gasteiger partial charge in [-0.1, -0.05) is 35.5 Å². The van der Waals surface area contributed by atoms with Crippen LogP contribution in [-0.4, -0.2) is 27.3 Å². The molecule has 1 aromatic carbocycles. The van der Waals surface area contributed by atoms with Crippen LogP contribution in [0.5, 0.6) is 0 Å². The molecule has 0 amide bonds. The molecule has 0 aliphatic heterocycles. The monoisotopic (exact) mass is 247 g/mol. The molecule has 0 bridgehead atoms. The Balaban J connectivity index is 2.01. The Labute approximate surface area is 103 Å². The van der Waals surface area contributed by atoms with Crippen molar-refractivity contribution in [1.82, 2.24) is 10.1 Å². The van der Waals surface area contributed by atoms with Crippen molar-refractivity contribution in [3.63, 3.8) is 0 Å². The number of hydrogen-bond acceptors (Lipinski definition) is 5. The van der Waals surface area contributed by atoms with E-state index in [0.29, 0.717) is 18.1 Å². The summed E-state index contributed by atoms with van der Waals surface area (Å²) in [6.45, 7) is 0. The minimum Gasteiger partial charge on any atom is -0.480 e. The molecule has 1 heterocycles. The number of carboxylic acids is 1. The number of aromatic nitrogens is 2. The molecule has 2 rings (SSSR count). The second kappa shape index (κ2) is 5.42. The highest BCUT2D eigenvalue weighted by atomic mass is 16.5. The summed E-state index contributed by atoms with van der Waals surface area (Å²) < 4.78 is 5.04. The van der Waals surface area contributed by atoms with Crippen LogP contribution in [0.4, 0.5) is 0 Å². The van der Waals surface area contributed by atoms with E-state index in [1.54, 1.807) is 0 Å². The zero-order valence-corrected chi connectivity index (χ0v) is 9.61. The smallest absolute Gasteiger partial charge is 0.320 e. The van der Waals surface area contributed by atoms with E-state index in [1.807, 2.05) is 30.3 Å². The number of carboxylic acid groups (broad SMARTS) is 1. The van der Waals surface area contributed by atoms with E-state index in [1.165, 1.54) is 0 Å². The van der Waals surface area contributed by atoms with Crippen molar-refractivity contribution in [1.29, 1.82) is 0 Å². The highest BCUT2D eigenvalue weighted by Crippen LogP contribution is 2.15. The van der Waals surface area contributed by atoms with E-state index < -0.39 is 12.0 Å². The standard InChI is InChI=1S/C12H13N3O3/c13-9(12(16)17)6-7-10-14-11(15-18-10)8-4-2-1-3-5-8/h1-5,9H,6-7,13H2,(H,16,17). The molecule has 6 nitrogen and oxygen atoms in total. The van der Waals surface area contributed by atoms with Crippen LogP contribution >= 0.6 is 0 Å². The first-order chi connectivity index (χ1) is 8.66. The summed E-state index contributed by atoms with van der Waals surface area (Å²) >= 11 is 0. The second-order valence-electron chi connectivity index (χ2n) is 3.86. The molecule has 0 saturated heterocycles. The Bertz CT molecular complexity index is 524. The van der Waals surface area contributed by atoms with Crippen molar-refractivity contribution in [2.75, 3.05) is 0 Å². The molecule has 18 heavy (non-hydrogen) atoms. The highest BCUT2D eigenvalue weighted by molar-refractivity contribution is 5.72. The number of hydrogen-bond donors (Lipinski definition) is 2. The van der Waals surface area contributed by atoms with Crippen molar-refractivity contribution in [3.05, 3.63) is 36.2 Å². The van der Waals surface area contributed by atoms with Gasteiger partial charge in [-0.15, -0.1) is 0 Å². The van der Waals surface area contributed by atoms with Crippen molar-refractivity contribution in [2.45, 2.75) is 18.9 Å². The molecule has 0 saturated carbocycles. The third-order valence-electron chi connectivity index (χ3n) is 2.49. The summed E-state index contributed by atoms with van der Waals surface area (Å²) in [6, 6.07) is 8.50. The maximum atomic E-state index is 10.6. The average molecular weight is 247 g/mol. The molecule has 0 radical (unpaired) electrons. The van der Waals surface area contributed by atoms with E-state index in [2.05, 4.69) is 10.1 Å². The minimum atomic E-state index is -1.03. The third-order valence-corrected chi connectivity index (χ3v) is 2.49. The van der Waals surface area contributed by atoms with Gasteiger partial charge in [0, 0.05) is 12.0 Å². The number of aliphatic carboxylic acids is 1. The molecule has 1 atom stereocenters. The summed E-state index contributed by atoms with van der Waals surface area (Å²) in [4.78, 5) is 14.7. The van der Waals surface area contributed by atoms with Crippen molar-refractivity contribution >= 4 is 5.97 Å². The average Bonchev–Trinajstić information content (AvgIpc) is 2.85. The van der Waals surface area contributed by atoms with Crippen LogP contribution in [0.15, 0.2) is 34.9 Å². The number of benzene rings is 1.